The third-order valence-electron chi connectivity index (χ3n) is 2.56. The summed E-state index contributed by atoms with van der Waals surface area (Å²) < 4.78 is 26.1. The second kappa shape index (κ2) is 12.2. The summed E-state index contributed by atoms with van der Waals surface area (Å²) in [5.41, 5.74) is 0. The number of ether oxygens (including phenoxy) is 5. The van der Waals surface area contributed by atoms with Gasteiger partial charge in [-0.3, -0.25) is 0 Å². The van der Waals surface area contributed by atoms with E-state index in [1.54, 1.807) is 13.4 Å². The van der Waals surface area contributed by atoms with Gasteiger partial charge in [0.15, 0.2) is 0 Å². The molecule has 0 fully saturated rings. The van der Waals surface area contributed by atoms with Crippen molar-refractivity contribution in [2.24, 2.45) is 0 Å². The SMILES string of the molecule is COCCOCCOCCOCCN1C=COCC1. The zero-order valence-electron chi connectivity index (χ0n) is 11.7. The van der Waals surface area contributed by atoms with Crippen molar-refractivity contribution >= 4 is 0 Å². The summed E-state index contributed by atoms with van der Waals surface area (Å²) in [6.45, 7) is 6.93. The van der Waals surface area contributed by atoms with Gasteiger partial charge in [0, 0.05) is 19.9 Å². The van der Waals surface area contributed by atoms with Crippen molar-refractivity contribution in [2.45, 2.75) is 0 Å². The van der Waals surface area contributed by atoms with E-state index in [0.29, 0.717) is 46.2 Å². The van der Waals surface area contributed by atoms with Crippen molar-refractivity contribution in [3.05, 3.63) is 12.5 Å². The van der Waals surface area contributed by atoms with Gasteiger partial charge in [-0.05, 0) is 0 Å². The largest absolute Gasteiger partial charge is 0.498 e. The maximum absolute atomic E-state index is 5.48. The molecular weight excluding hydrogens is 250 g/mol. The van der Waals surface area contributed by atoms with Gasteiger partial charge >= 0.3 is 0 Å². The van der Waals surface area contributed by atoms with Crippen molar-refractivity contribution in [1.82, 2.24) is 4.90 Å². The summed E-state index contributed by atoms with van der Waals surface area (Å²) in [5.74, 6) is 0. The van der Waals surface area contributed by atoms with Gasteiger partial charge in [0.1, 0.15) is 6.61 Å². The molecule has 6 nitrogen and oxygen atoms in total. The summed E-state index contributed by atoms with van der Waals surface area (Å²) >= 11 is 0. The zero-order valence-corrected chi connectivity index (χ0v) is 11.7. The second-order valence-electron chi connectivity index (χ2n) is 4.02. The average molecular weight is 275 g/mol. The lowest BCUT2D eigenvalue weighted by atomic mass is 10.5. The van der Waals surface area contributed by atoms with E-state index >= 15 is 0 Å². The standard InChI is InChI=1S/C13H25NO5/c1-15-8-9-18-12-13-19-11-10-17-7-4-14-2-5-16-6-3-14/h2,5H,3-4,6-13H2,1H3. The molecule has 1 aliphatic rings. The average Bonchev–Trinajstić information content (AvgIpc) is 2.46. The Bertz CT molecular complexity index is 225. The quantitative estimate of drug-likeness (QED) is 0.483. The van der Waals surface area contributed by atoms with Crippen LogP contribution in [-0.2, 0) is 23.7 Å². The van der Waals surface area contributed by atoms with Crippen molar-refractivity contribution in [3.8, 4) is 0 Å². The van der Waals surface area contributed by atoms with E-state index in [9.17, 15) is 0 Å². The third kappa shape index (κ3) is 9.72. The Morgan fingerprint density at radius 1 is 0.947 bits per heavy atom. The Labute approximate surface area is 115 Å². The van der Waals surface area contributed by atoms with E-state index in [0.717, 1.165) is 19.7 Å². The number of methoxy groups -OCH3 is 1. The van der Waals surface area contributed by atoms with Crippen LogP contribution in [0.3, 0.4) is 0 Å². The molecule has 0 saturated carbocycles. The van der Waals surface area contributed by atoms with Gasteiger partial charge in [0.05, 0.1) is 59.1 Å². The van der Waals surface area contributed by atoms with Crippen molar-refractivity contribution in [3.63, 3.8) is 0 Å². The Kier molecular flexibility index (Phi) is 10.4. The van der Waals surface area contributed by atoms with Crippen LogP contribution in [0.5, 0.6) is 0 Å². The van der Waals surface area contributed by atoms with E-state index in [1.807, 2.05) is 6.20 Å². The molecule has 0 N–H and O–H groups in total. The molecule has 112 valence electrons. The van der Waals surface area contributed by atoms with Gasteiger partial charge < -0.3 is 28.6 Å². The predicted molar refractivity (Wildman–Crippen MR) is 71.0 cm³/mol. The van der Waals surface area contributed by atoms with E-state index in [-0.39, 0.29) is 0 Å². The van der Waals surface area contributed by atoms with Gasteiger partial charge in [-0.2, -0.15) is 0 Å². The van der Waals surface area contributed by atoms with E-state index < -0.39 is 0 Å². The lowest BCUT2D eigenvalue weighted by molar-refractivity contribution is 0.00144. The van der Waals surface area contributed by atoms with Crippen LogP contribution in [0.15, 0.2) is 12.5 Å². The van der Waals surface area contributed by atoms with Crippen LogP contribution in [-0.4, -0.2) is 78.0 Å². The van der Waals surface area contributed by atoms with Gasteiger partial charge in [-0.15, -0.1) is 0 Å². The highest BCUT2D eigenvalue weighted by atomic mass is 16.6. The molecule has 0 radical (unpaired) electrons. The number of rotatable bonds is 12. The van der Waals surface area contributed by atoms with E-state index in [2.05, 4.69) is 4.90 Å². The fourth-order valence-corrected chi connectivity index (χ4v) is 1.49. The zero-order chi connectivity index (χ0) is 13.6. The van der Waals surface area contributed by atoms with Crippen LogP contribution >= 0.6 is 0 Å². The maximum atomic E-state index is 5.48. The lowest BCUT2D eigenvalue weighted by Gasteiger charge is -2.23. The third-order valence-corrected chi connectivity index (χ3v) is 2.56. The Morgan fingerprint density at radius 2 is 1.58 bits per heavy atom. The second-order valence-corrected chi connectivity index (χ2v) is 4.02. The fourth-order valence-electron chi connectivity index (χ4n) is 1.49. The van der Waals surface area contributed by atoms with E-state index in [4.69, 9.17) is 23.7 Å². The molecule has 0 unspecified atom stereocenters. The van der Waals surface area contributed by atoms with Gasteiger partial charge in [-0.1, -0.05) is 0 Å². The first kappa shape index (κ1) is 16.2. The summed E-state index contributed by atoms with van der Waals surface area (Å²) in [6.07, 6.45) is 3.66. The smallest absolute Gasteiger partial charge is 0.105 e. The first-order valence-electron chi connectivity index (χ1n) is 6.68. The lowest BCUT2D eigenvalue weighted by Crippen LogP contribution is -2.28. The Hall–Kier alpha value is -0.820. The minimum Gasteiger partial charge on any atom is -0.498 e. The molecule has 0 aromatic carbocycles. The highest BCUT2D eigenvalue weighted by molar-refractivity contribution is 4.79. The van der Waals surface area contributed by atoms with Crippen LogP contribution in [0.1, 0.15) is 0 Å². The predicted octanol–water partition coefficient (Wildman–Crippen LogP) is 0.486. The summed E-state index contributed by atoms with van der Waals surface area (Å²) in [6, 6.07) is 0. The molecule has 0 atom stereocenters. The number of hydrogen-bond acceptors (Lipinski definition) is 6. The molecule has 0 aliphatic carbocycles. The van der Waals surface area contributed by atoms with Crippen molar-refractivity contribution in [2.75, 3.05) is 73.1 Å². The highest BCUT2D eigenvalue weighted by Gasteiger charge is 2.02. The molecule has 19 heavy (non-hydrogen) atoms. The van der Waals surface area contributed by atoms with Gasteiger partial charge in [0.25, 0.3) is 0 Å². The fraction of sp³-hybridized carbons (Fsp3) is 0.846. The van der Waals surface area contributed by atoms with Crippen molar-refractivity contribution in [1.29, 1.82) is 0 Å². The van der Waals surface area contributed by atoms with Crippen LogP contribution in [0.25, 0.3) is 0 Å². The molecule has 0 amide bonds. The van der Waals surface area contributed by atoms with Gasteiger partial charge in [-0.25, -0.2) is 0 Å². The van der Waals surface area contributed by atoms with Crippen LogP contribution in [0, 0.1) is 0 Å². The van der Waals surface area contributed by atoms with Crippen LogP contribution in [0.2, 0.25) is 0 Å². The first-order chi connectivity index (χ1) is 9.43. The van der Waals surface area contributed by atoms with Crippen LogP contribution in [0.4, 0.5) is 0 Å². The molecule has 6 heteroatoms. The Morgan fingerprint density at radius 3 is 2.16 bits per heavy atom. The minimum absolute atomic E-state index is 0.597. The topological polar surface area (TPSA) is 49.4 Å². The molecule has 1 rings (SSSR count). The number of nitrogens with zero attached hydrogens (tertiary/aromatic N) is 1. The molecule has 1 aliphatic heterocycles. The monoisotopic (exact) mass is 275 g/mol. The summed E-state index contributed by atoms with van der Waals surface area (Å²) in [4.78, 5) is 2.17. The first-order valence-corrected chi connectivity index (χ1v) is 6.68. The molecular formula is C13H25NO5. The molecule has 0 aromatic heterocycles. The number of hydrogen-bond donors (Lipinski definition) is 0. The van der Waals surface area contributed by atoms with Crippen LogP contribution < -0.4 is 0 Å². The maximum Gasteiger partial charge on any atom is 0.105 e. The van der Waals surface area contributed by atoms with E-state index in [1.165, 1.54) is 0 Å². The highest BCUT2D eigenvalue weighted by Crippen LogP contribution is 1.97. The van der Waals surface area contributed by atoms with Crippen molar-refractivity contribution < 1.29 is 23.7 Å². The normalized spacial score (nSPS) is 14.7. The molecule has 0 bridgehead atoms. The summed E-state index contributed by atoms with van der Waals surface area (Å²) in [5, 5.41) is 0. The Balaban J connectivity index is 1.74. The van der Waals surface area contributed by atoms with Gasteiger partial charge in [0.2, 0.25) is 0 Å². The minimum atomic E-state index is 0.597. The molecule has 1 heterocycles. The molecule has 0 saturated heterocycles. The molecule has 0 spiro atoms. The summed E-state index contributed by atoms with van der Waals surface area (Å²) in [7, 11) is 1.66. The molecule has 0 aromatic rings.